The van der Waals surface area contributed by atoms with Gasteiger partial charge in [-0.2, -0.15) is 0 Å². The number of nitrogens with zero attached hydrogens (tertiary/aromatic N) is 2. The molecule has 0 amide bonds. The third kappa shape index (κ3) is 3.16. The van der Waals surface area contributed by atoms with Gasteiger partial charge in [0.25, 0.3) is 0 Å². The summed E-state index contributed by atoms with van der Waals surface area (Å²) in [6, 6.07) is 0. The zero-order valence-electron chi connectivity index (χ0n) is 11.6. The first kappa shape index (κ1) is 13.7. The van der Waals surface area contributed by atoms with Gasteiger partial charge in [0.2, 0.25) is 0 Å². The molecule has 1 aliphatic carbocycles. The van der Waals surface area contributed by atoms with E-state index in [1.54, 1.807) is 0 Å². The van der Waals surface area contributed by atoms with Crippen LogP contribution in [0.4, 0.5) is 5.82 Å². The van der Waals surface area contributed by atoms with Gasteiger partial charge in [0, 0.05) is 24.3 Å². The Morgan fingerprint density at radius 1 is 1.28 bits per heavy atom. The lowest BCUT2D eigenvalue weighted by atomic mass is 10.3. The molecule has 18 heavy (non-hydrogen) atoms. The standard InChI is InChI=1S/C14H23N3S/c1-4-7-12-16-13(15-3)10(2)14(17-12)18-11-8-5-6-9-11/h11H,4-9H2,1-3H3,(H,15,16,17). The van der Waals surface area contributed by atoms with Crippen LogP contribution in [0.2, 0.25) is 0 Å². The molecule has 1 saturated carbocycles. The number of aromatic nitrogens is 2. The molecule has 0 bridgehead atoms. The normalized spacial score (nSPS) is 16.2. The third-order valence-electron chi connectivity index (χ3n) is 3.44. The van der Waals surface area contributed by atoms with E-state index in [0.717, 1.165) is 29.7 Å². The molecular weight excluding hydrogens is 242 g/mol. The molecule has 0 saturated heterocycles. The fraction of sp³-hybridized carbons (Fsp3) is 0.714. The van der Waals surface area contributed by atoms with Crippen LogP contribution in [-0.4, -0.2) is 22.3 Å². The van der Waals surface area contributed by atoms with Crippen molar-refractivity contribution in [3.05, 3.63) is 11.4 Å². The zero-order valence-corrected chi connectivity index (χ0v) is 12.4. The average Bonchev–Trinajstić information content (AvgIpc) is 2.86. The number of aryl methyl sites for hydroxylation is 1. The number of hydrogen-bond acceptors (Lipinski definition) is 4. The van der Waals surface area contributed by atoms with E-state index < -0.39 is 0 Å². The van der Waals surface area contributed by atoms with Gasteiger partial charge in [0.1, 0.15) is 16.7 Å². The predicted octanol–water partition coefficient (Wildman–Crippen LogP) is 3.81. The van der Waals surface area contributed by atoms with Crippen molar-refractivity contribution in [1.29, 1.82) is 0 Å². The molecule has 0 spiro atoms. The topological polar surface area (TPSA) is 37.8 Å². The highest BCUT2D eigenvalue weighted by atomic mass is 32.2. The van der Waals surface area contributed by atoms with Crippen LogP contribution in [0.15, 0.2) is 5.03 Å². The first-order chi connectivity index (χ1) is 8.74. The van der Waals surface area contributed by atoms with Crippen LogP contribution in [-0.2, 0) is 6.42 Å². The number of rotatable bonds is 5. The number of hydrogen-bond donors (Lipinski definition) is 1. The molecule has 1 heterocycles. The van der Waals surface area contributed by atoms with E-state index in [1.165, 1.54) is 36.3 Å². The summed E-state index contributed by atoms with van der Waals surface area (Å²) < 4.78 is 0. The van der Waals surface area contributed by atoms with Crippen LogP contribution in [0.3, 0.4) is 0 Å². The zero-order chi connectivity index (χ0) is 13.0. The largest absolute Gasteiger partial charge is 0.373 e. The molecule has 1 aromatic rings. The maximum Gasteiger partial charge on any atom is 0.133 e. The SMILES string of the molecule is CCCc1nc(NC)c(C)c(SC2CCCC2)n1. The van der Waals surface area contributed by atoms with E-state index >= 15 is 0 Å². The van der Waals surface area contributed by atoms with Gasteiger partial charge in [-0.3, -0.25) is 0 Å². The van der Waals surface area contributed by atoms with Crippen LogP contribution in [0.1, 0.15) is 50.4 Å². The maximum absolute atomic E-state index is 4.75. The summed E-state index contributed by atoms with van der Waals surface area (Å²) in [4.78, 5) is 9.33. The van der Waals surface area contributed by atoms with E-state index in [4.69, 9.17) is 4.98 Å². The van der Waals surface area contributed by atoms with Gasteiger partial charge in [-0.25, -0.2) is 9.97 Å². The van der Waals surface area contributed by atoms with Gasteiger partial charge in [-0.05, 0) is 26.2 Å². The molecule has 0 atom stereocenters. The fourth-order valence-corrected chi connectivity index (χ4v) is 3.71. The summed E-state index contributed by atoms with van der Waals surface area (Å²) in [6.45, 7) is 4.30. The molecular formula is C14H23N3S. The molecule has 0 aliphatic heterocycles. The molecule has 1 fully saturated rings. The van der Waals surface area contributed by atoms with Crippen molar-refractivity contribution in [2.45, 2.75) is 62.6 Å². The van der Waals surface area contributed by atoms with Gasteiger partial charge < -0.3 is 5.32 Å². The first-order valence-electron chi connectivity index (χ1n) is 6.96. The second-order valence-electron chi connectivity index (χ2n) is 4.94. The Kier molecular flexibility index (Phi) is 4.87. The summed E-state index contributed by atoms with van der Waals surface area (Å²) in [5.41, 5.74) is 1.20. The van der Waals surface area contributed by atoms with Crippen LogP contribution < -0.4 is 5.32 Å². The van der Waals surface area contributed by atoms with E-state index in [2.05, 4.69) is 24.1 Å². The Morgan fingerprint density at radius 2 is 2.00 bits per heavy atom. The second-order valence-corrected chi connectivity index (χ2v) is 6.23. The van der Waals surface area contributed by atoms with E-state index in [9.17, 15) is 0 Å². The number of nitrogens with one attached hydrogen (secondary N) is 1. The van der Waals surface area contributed by atoms with Gasteiger partial charge in [0.05, 0.1) is 0 Å². The van der Waals surface area contributed by atoms with Crippen molar-refractivity contribution in [3.63, 3.8) is 0 Å². The van der Waals surface area contributed by atoms with Gasteiger partial charge in [-0.15, -0.1) is 11.8 Å². The minimum absolute atomic E-state index is 0.762. The van der Waals surface area contributed by atoms with Gasteiger partial charge in [0.15, 0.2) is 0 Å². The minimum atomic E-state index is 0.762. The molecule has 3 nitrogen and oxygen atoms in total. The van der Waals surface area contributed by atoms with E-state index in [-0.39, 0.29) is 0 Å². The lowest BCUT2D eigenvalue weighted by molar-refractivity contribution is 0.800. The molecule has 0 radical (unpaired) electrons. The summed E-state index contributed by atoms with van der Waals surface area (Å²) in [5, 5.41) is 5.14. The van der Waals surface area contributed by atoms with Crippen LogP contribution in [0, 0.1) is 6.92 Å². The van der Waals surface area contributed by atoms with Crippen LogP contribution >= 0.6 is 11.8 Å². The second kappa shape index (κ2) is 6.41. The van der Waals surface area contributed by atoms with Gasteiger partial charge in [-0.1, -0.05) is 19.8 Å². The number of thioether (sulfide) groups is 1. The Bertz CT molecular complexity index is 400. The third-order valence-corrected chi connectivity index (χ3v) is 4.86. The lowest BCUT2D eigenvalue weighted by Gasteiger charge is -2.14. The Hall–Kier alpha value is -0.770. The van der Waals surface area contributed by atoms with Gasteiger partial charge >= 0.3 is 0 Å². The van der Waals surface area contributed by atoms with Crippen molar-refractivity contribution in [3.8, 4) is 0 Å². The molecule has 2 rings (SSSR count). The average molecular weight is 265 g/mol. The van der Waals surface area contributed by atoms with Crippen molar-refractivity contribution in [2.24, 2.45) is 0 Å². The Balaban J connectivity index is 2.22. The van der Waals surface area contributed by atoms with E-state index in [1.807, 2.05) is 18.8 Å². The Morgan fingerprint density at radius 3 is 2.61 bits per heavy atom. The van der Waals surface area contributed by atoms with Crippen LogP contribution in [0.25, 0.3) is 0 Å². The highest BCUT2D eigenvalue weighted by molar-refractivity contribution is 7.99. The van der Waals surface area contributed by atoms with Crippen molar-refractivity contribution in [1.82, 2.24) is 9.97 Å². The minimum Gasteiger partial charge on any atom is -0.373 e. The summed E-state index contributed by atoms with van der Waals surface area (Å²) in [5.74, 6) is 1.97. The molecule has 0 aromatic carbocycles. The van der Waals surface area contributed by atoms with Crippen molar-refractivity contribution in [2.75, 3.05) is 12.4 Å². The smallest absolute Gasteiger partial charge is 0.133 e. The molecule has 0 unspecified atom stereocenters. The molecule has 1 aromatic heterocycles. The van der Waals surface area contributed by atoms with Crippen LogP contribution in [0.5, 0.6) is 0 Å². The quantitative estimate of drug-likeness (QED) is 0.821. The monoisotopic (exact) mass is 265 g/mol. The summed E-state index contributed by atoms with van der Waals surface area (Å²) in [6.07, 6.45) is 7.50. The number of anilines is 1. The first-order valence-corrected chi connectivity index (χ1v) is 7.84. The molecule has 1 N–H and O–H groups in total. The van der Waals surface area contributed by atoms with E-state index in [0.29, 0.717) is 0 Å². The summed E-state index contributed by atoms with van der Waals surface area (Å²) in [7, 11) is 1.94. The molecule has 100 valence electrons. The highest BCUT2D eigenvalue weighted by Crippen LogP contribution is 2.36. The predicted molar refractivity (Wildman–Crippen MR) is 78.4 cm³/mol. The van der Waals surface area contributed by atoms with Crippen molar-refractivity contribution >= 4 is 17.6 Å². The lowest BCUT2D eigenvalue weighted by Crippen LogP contribution is -2.06. The molecule has 4 heteroatoms. The summed E-state index contributed by atoms with van der Waals surface area (Å²) >= 11 is 1.96. The fourth-order valence-electron chi connectivity index (χ4n) is 2.40. The molecule has 1 aliphatic rings. The van der Waals surface area contributed by atoms with Crippen molar-refractivity contribution < 1.29 is 0 Å². The maximum atomic E-state index is 4.75. The highest BCUT2D eigenvalue weighted by Gasteiger charge is 2.19. The Labute approximate surface area is 114 Å².